The van der Waals surface area contributed by atoms with Crippen LogP contribution in [0.1, 0.15) is 34.3 Å². The predicted octanol–water partition coefficient (Wildman–Crippen LogP) is 4.31. The van der Waals surface area contributed by atoms with E-state index >= 15 is 0 Å². The minimum atomic E-state index is -0.0537. The summed E-state index contributed by atoms with van der Waals surface area (Å²) < 4.78 is 8.25. The Hall–Kier alpha value is -4.46. The van der Waals surface area contributed by atoms with Crippen molar-refractivity contribution in [3.8, 4) is 16.9 Å². The monoisotopic (exact) mass is 523 g/mol. The quantitative estimate of drug-likeness (QED) is 0.390. The molecule has 1 aliphatic heterocycles. The largest absolute Gasteiger partial charge is 0.491 e. The SMILES string of the molecule is CN1CCN(C(=O)CCCn2ccnc2)CCOc2ccc(-c3cccnc3)cc2Cc2cccc(c2)C1=O. The molecule has 0 spiro atoms. The summed E-state index contributed by atoms with van der Waals surface area (Å²) in [6.45, 7) is 2.44. The normalized spacial score (nSPS) is 14.3. The van der Waals surface area contributed by atoms with E-state index in [-0.39, 0.29) is 11.8 Å². The summed E-state index contributed by atoms with van der Waals surface area (Å²) in [6.07, 6.45) is 10.7. The second-order valence-electron chi connectivity index (χ2n) is 9.80. The van der Waals surface area contributed by atoms with Gasteiger partial charge in [0.05, 0.1) is 12.9 Å². The van der Waals surface area contributed by atoms with Gasteiger partial charge in [0.25, 0.3) is 5.91 Å². The van der Waals surface area contributed by atoms with E-state index in [1.54, 1.807) is 30.7 Å². The number of pyridine rings is 1. The molecule has 5 rings (SSSR count). The number of imidazole rings is 1. The van der Waals surface area contributed by atoms with Crippen LogP contribution in [0.3, 0.4) is 0 Å². The van der Waals surface area contributed by atoms with E-state index in [9.17, 15) is 9.59 Å². The number of nitrogens with zero attached hydrogens (tertiary/aromatic N) is 5. The van der Waals surface area contributed by atoms with Crippen molar-refractivity contribution >= 4 is 11.8 Å². The van der Waals surface area contributed by atoms with Gasteiger partial charge in [0.1, 0.15) is 12.4 Å². The van der Waals surface area contributed by atoms with E-state index in [1.165, 1.54) is 0 Å². The van der Waals surface area contributed by atoms with Crippen LogP contribution in [0.2, 0.25) is 0 Å². The minimum absolute atomic E-state index is 0.0537. The Labute approximate surface area is 228 Å². The summed E-state index contributed by atoms with van der Waals surface area (Å²) in [5.41, 5.74) is 4.76. The van der Waals surface area contributed by atoms with Crippen LogP contribution in [-0.4, -0.2) is 69.4 Å². The van der Waals surface area contributed by atoms with Crippen molar-refractivity contribution in [3.05, 3.63) is 102 Å². The van der Waals surface area contributed by atoms with Gasteiger partial charge in [-0.25, -0.2) is 4.98 Å². The maximum Gasteiger partial charge on any atom is 0.253 e. The minimum Gasteiger partial charge on any atom is -0.491 e. The molecule has 3 heterocycles. The molecule has 0 aliphatic carbocycles. The fourth-order valence-electron chi connectivity index (χ4n) is 4.82. The number of carbonyl (C=O) groups excluding carboxylic acids is 2. The molecule has 2 aromatic heterocycles. The number of amides is 2. The number of fused-ring (bicyclic) bond motifs is 3. The van der Waals surface area contributed by atoms with Crippen molar-refractivity contribution < 1.29 is 14.3 Å². The molecule has 1 aliphatic rings. The molecule has 0 saturated heterocycles. The van der Waals surface area contributed by atoms with E-state index in [4.69, 9.17) is 4.74 Å². The number of hydrogen-bond donors (Lipinski definition) is 0. The first kappa shape index (κ1) is 26.2. The van der Waals surface area contributed by atoms with Gasteiger partial charge in [0.15, 0.2) is 0 Å². The number of carbonyl (C=O) groups is 2. The molecule has 8 heteroatoms. The van der Waals surface area contributed by atoms with Gasteiger partial charge in [-0.2, -0.15) is 0 Å². The number of hydrogen-bond acceptors (Lipinski definition) is 5. The number of aryl methyl sites for hydroxylation is 1. The zero-order chi connectivity index (χ0) is 27.0. The van der Waals surface area contributed by atoms with Crippen LogP contribution in [0.5, 0.6) is 5.75 Å². The van der Waals surface area contributed by atoms with Gasteiger partial charge in [-0.1, -0.05) is 24.3 Å². The van der Waals surface area contributed by atoms with Gasteiger partial charge < -0.3 is 19.1 Å². The van der Waals surface area contributed by atoms with E-state index in [1.807, 2.05) is 70.4 Å². The summed E-state index contributed by atoms with van der Waals surface area (Å²) in [5, 5.41) is 0. The Morgan fingerprint density at radius 3 is 2.67 bits per heavy atom. The van der Waals surface area contributed by atoms with Gasteiger partial charge in [-0.05, 0) is 53.4 Å². The average Bonchev–Trinajstić information content (AvgIpc) is 3.48. The van der Waals surface area contributed by atoms with E-state index in [2.05, 4.69) is 16.0 Å². The maximum atomic E-state index is 13.2. The predicted molar refractivity (Wildman–Crippen MR) is 149 cm³/mol. The topological polar surface area (TPSA) is 80.6 Å². The number of likely N-dealkylation sites (N-methyl/N-ethyl adjacent to an activating group) is 1. The Morgan fingerprint density at radius 2 is 1.85 bits per heavy atom. The molecule has 0 saturated carbocycles. The van der Waals surface area contributed by atoms with E-state index in [0.717, 1.165) is 34.5 Å². The van der Waals surface area contributed by atoms with Gasteiger partial charge in [-0.15, -0.1) is 0 Å². The molecule has 2 aromatic carbocycles. The fraction of sp³-hybridized carbons (Fsp3) is 0.290. The molecule has 2 amide bonds. The maximum absolute atomic E-state index is 13.2. The zero-order valence-electron chi connectivity index (χ0n) is 22.2. The fourth-order valence-corrected chi connectivity index (χ4v) is 4.82. The summed E-state index contributed by atoms with van der Waals surface area (Å²) in [5.74, 6) is 0.781. The van der Waals surface area contributed by atoms with Crippen LogP contribution < -0.4 is 4.74 Å². The molecule has 0 fully saturated rings. The summed E-state index contributed by atoms with van der Waals surface area (Å²) in [6, 6.07) is 17.8. The van der Waals surface area contributed by atoms with Gasteiger partial charge in [0, 0.05) is 75.4 Å². The molecular weight excluding hydrogens is 490 g/mol. The van der Waals surface area contributed by atoms with Crippen molar-refractivity contribution in [1.29, 1.82) is 0 Å². The average molecular weight is 524 g/mol. The molecule has 2 bridgehead atoms. The van der Waals surface area contributed by atoms with Gasteiger partial charge in [-0.3, -0.25) is 14.6 Å². The Bertz CT molecular complexity index is 1410. The Kier molecular flexibility index (Phi) is 8.31. The molecule has 0 N–H and O–H groups in total. The lowest BCUT2D eigenvalue weighted by Gasteiger charge is -2.27. The second kappa shape index (κ2) is 12.4. The number of benzene rings is 2. The second-order valence-corrected chi connectivity index (χ2v) is 9.80. The molecule has 39 heavy (non-hydrogen) atoms. The Balaban J connectivity index is 1.39. The third-order valence-corrected chi connectivity index (χ3v) is 7.01. The van der Waals surface area contributed by atoms with Crippen molar-refractivity contribution in [2.45, 2.75) is 25.8 Å². The van der Waals surface area contributed by atoms with Crippen LogP contribution in [0, 0.1) is 0 Å². The Morgan fingerprint density at radius 1 is 0.949 bits per heavy atom. The van der Waals surface area contributed by atoms with Crippen LogP contribution >= 0.6 is 0 Å². The number of aromatic nitrogens is 3. The smallest absolute Gasteiger partial charge is 0.253 e. The van der Waals surface area contributed by atoms with Crippen molar-refractivity contribution in [2.24, 2.45) is 0 Å². The van der Waals surface area contributed by atoms with E-state index in [0.29, 0.717) is 51.1 Å². The van der Waals surface area contributed by atoms with E-state index < -0.39 is 0 Å². The summed E-state index contributed by atoms with van der Waals surface area (Å²) >= 11 is 0. The molecule has 200 valence electrons. The highest BCUT2D eigenvalue weighted by Crippen LogP contribution is 2.29. The highest BCUT2D eigenvalue weighted by molar-refractivity contribution is 5.94. The first-order valence-electron chi connectivity index (χ1n) is 13.3. The lowest BCUT2D eigenvalue weighted by molar-refractivity contribution is -0.131. The molecule has 0 radical (unpaired) electrons. The zero-order valence-corrected chi connectivity index (χ0v) is 22.2. The van der Waals surface area contributed by atoms with Gasteiger partial charge in [0.2, 0.25) is 5.91 Å². The number of ether oxygens (including phenoxy) is 1. The first-order valence-corrected chi connectivity index (χ1v) is 13.3. The molecule has 0 unspecified atom stereocenters. The van der Waals surface area contributed by atoms with Crippen molar-refractivity contribution in [3.63, 3.8) is 0 Å². The summed E-state index contributed by atoms with van der Waals surface area (Å²) in [7, 11) is 1.79. The third kappa shape index (κ3) is 6.71. The van der Waals surface area contributed by atoms with Crippen LogP contribution in [0.15, 0.2) is 85.7 Å². The summed E-state index contributed by atoms with van der Waals surface area (Å²) in [4.78, 5) is 38.2. The highest BCUT2D eigenvalue weighted by Gasteiger charge is 2.19. The highest BCUT2D eigenvalue weighted by atomic mass is 16.5. The molecule has 8 nitrogen and oxygen atoms in total. The third-order valence-electron chi connectivity index (χ3n) is 7.01. The van der Waals surface area contributed by atoms with Crippen LogP contribution in [0.4, 0.5) is 0 Å². The van der Waals surface area contributed by atoms with Gasteiger partial charge >= 0.3 is 0 Å². The van der Waals surface area contributed by atoms with Crippen LogP contribution in [-0.2, 0) is 17.8 Å². The molecular formula is C31H33N5O3. The number of rotatable bonds is 5. The van der Waals surface area contributed by atoms with Crippen LogP contribution in [0.25, 0.3) is 11.1 Å². The van der Waals surface area contributed by atoms with Crippen molar-refractivity contribution in [2.75, 3.05) is 33.3 Å². The van der Waals surface area contributed by atoms with Crippen molar-refractivity contribution in [1.82, 2.24) is 24.3 Å². The lowest BCUT2D eigenvalue weighted by Crippen LogP contribution is -2.41. The molecule has 4 aromatic rings. The standard InChI is InChI=1S/C31H33N5O3/c1-34-15-16-36(30(37)8-4-13-35-14-12-33-23-35)17-18-39-29-10-9-25(27-7-3-11-32-22-27)21-28(29)20-24-5-2-6-26(19-24)31(34)38/h2-3,5-7,9-12,14,19,21-23H,4,8,13,15-18,20H2,1H3. The lowest BCUT2D eigenvalue weighted by atomic mass is 9.98. The first-order chi connectivity index (χ1) is 19.1. The molecule has 0 atom stereocenters.